The largest absolute Gasteiger partial charge is 0.497 e. The van der Waals surface area contributed by atoms with E-state index in [1.807, 2.05) is 0 Å². The van der Waals surface area contributed by atoms with Gasteiger partial charge >= 0.3 is 0 Å². The zero-order valence-electron chi connectivity index (χ0n) is 16.0. The van der Waals surface area contributed by atoms with Crippen molar-refractivity contribution in [2.45, 2.75) is 39.2 Å². The average molecular weight is 348 g/mol. The van der Waals surface area contributed by atoms with E-state index in [0.717, 1.165) is 31.7 Å². The molecule has 1 unspecified atom stereocenters. The number of aromatic amines is 1. The van der Waals surface area contributed by atoms with Gasteiger partial charge in [-0.05, 0) is 66.8 Å². The second kappa shape index (κ2) is 7.16. The third-order valence-corrected chi connectivity index (χ3v) is 5.64. The zero-order chi connectivity index (χ0) is 18.1. The molecule has 0 fully saturated rings. The summed E-state index contributed by atoms with van der Waals surface area (Å²) in [6.07, 6.45) is 3.37. The number of methoxy groups -OCH3 is 1. The first-order valence-electron chi connectivity index (χ1n) is 9.76. The van der Waals surface area contributed by atoms with E-state index < -0.39 is 0 Å². The summed E-state index contributed by atoms with van der Waals surface area (Å²) in [5.74, 6) is 0.913. The van der Waals surface area contributed by atoms with Crippen molar-refractivity contribution in [3.63, 3.8) is 0 Å². The molecule has 1 aliphatic heterocycles. The minimum absolute atomic E-state index is 0.294. The van der Waals surface area contributed by atoms with E-state index in [9.17, 15) is 0 Å². The molecule has 136 valence electrons. The summed E-state index contributed by atoms with van der Waals surface area (Å²) in [5.41, 5.74) is 6.89. The molecule has 0 radical (unpaired) electrons. The first-order chi connectivity index (χ1) is 12.7. The van der Waals surface area contributed by atoms with Crippen LogP contribution in [0.25, 0.3) is 10.9 Å². The van der Waals surface area contributed by atoms with Gasteiger partial charge in [-0.2, -0.15) is 0 Å². The van der Waals surface area contributed by atoms with Crippen LogP contribution in [0.3, 0.4) is 0 Å². The Kier molecular flexibility index (Phi) is 4.73. The Morgan fingerprint density at radius 2 is 1.92 bits per heavy atom. The number of H-pyrrole nitrogens is 1. The summed E-state index contributed by atoms with van der Waals surface area (Å²) < 4.78 is 5.35. The highest BCUT2D eigenvalue weighted by Gasteiger charge is 2.31. The van der Waals surface area contributed by atoms with Gasteiger partial charge in [0.05, 0.1) is 13.2 Å². The summed E-state index contributed by atoms with van der Waals surface area (Å²) >= 11 is 0. The third kappa shape index (κ3) is 2.90. The third-order valence-electron chi connectivity index (χ3n) is 5.64. The molecule has 1 aromatic heterocycles. The van der Waals surface area contributed by atoms with Gasteiger partial charge in [-0.3, -0.25) is 4.90 Å². The zero-order valence-corrected chi connectivity index (χ0v) is 16.0. The second-order valence-corrected chi connectivity index (χ2v) is 7.21. The van der Waals surface area contributed by atoms with Crippen LogP contribution >= 0.6 is 0 Å². The van der Waals surface area contributed by atoms with Crippen LogP contribution in [-0.4, -0.2) is 30.1 Å². The van der Waals surface area contributed by atoms with Gasteiger partial charge in [-0.25, -0.2) is 0 Å². The molecule has 3 aromatic rings. The second-order valence-electron chi connectivity index (χ2n) is 7.21. The molecule has 0 spiro atoms. The van der Waals surface area contributed by atoms with Gasteiger partial charge < -0.3 is 9.72 Å². The normalized spacial score (nSPS) is 17.4. The number of nitrogens with zero attached hydrogens (tertiary/aromatic N) is 1. The quantitative estimate of drug-likeness (QED) is 0.695. The van der Waals surface area contributed by atoms with Crippen molar-refractivity contribution in [3.05, 3.63) is 64.8 Å². The maximum atomic E-state index is 5.35. The Bertz CT molecular complexity index is 894. The number of aromatic nitrogens is 1. The van der Waals surface area contributed by atoms with Crippen LogP contribution in [0.5, 0.6) is 5.75 Å². The van der Waals surface area contributed by atoms with E-state index in [2.05, 4.69) is 66.2 Å². The predicted octanol–water partition coefficient (Wildman–Crippen LogP) is 5.10. The maximum Gasteiger partial charge on any atom is 0.118 e. The van der Waals surface area contributed by atoms with Gasteiger partial charge in [0.2, 0.25) is 0 Å². The van der Waals surface area contributed by atoms with Crippen LogP contribution < -0.4 is 4.74 Å². The molecule has 2 aromatic carbocycles. The lowest BCUT2D eigenvalue weighted by Crippen LogP contribution is -2.36. The van der Waals surface area contributed by atoms with Gasteiger partial charge in [0.25, 0.3) is 0 Å². The minimum atomic E-state index is 0.294. The Morgan fingerprint density at radius 3 is 2.62 bits per heavy atom. The molecule has 0 saturated heterocycles. The highest BCUT2D eigenvalue weighted by atomic mass is 16.5. The van der Waals surface area contributed by atoms with Crippen molar-refractivity contribution >= 4 is 10.9 Å². The molecular formula is C23H28N2O. The van der Waals surface area contributed by atoms with E-state index in [1.54, 1.807) is 7.11 Å². The monoisotopic (exact) mass is 348 g/mol. The lowest BCUT2D eigenvalue weighted by atomic mass is 9.92. The van der Waals surface area contributed by atoms with Gasteiger partial charge in [0, 0.05) is 23.1 Å². The van der Waals surface area contributed by atoms with Gasteiger partial charge in [0.15, 0.2) is 0 Å². The van der Waals surface area contributed by atoms with Gasteiger partial charge in [-0.1, -0.05) is 32.0 Å². The lowest BCUT2D eigenvalue weighted by molar-refractivity contribution is 0.211. The molecule has 4 rings (SSSR count). The molecule has 1 aliphatic rings. The van der Waals surface area contributed by atoms with Gasteiger partial charge in [-0.15, -0.1) is 0 Å². The number of ether oxygens (including phenoxy) is 1. The molecule has 1 N–H and O–H groups in total. The number of fused-ring (bicyclic) bond motifs is 3. The van der Waals surface area contributed by atoms with E-state index in [1.165, 1.54) is 39.7 Å². The Morgan fingerprint density at radius 1 is 1.12 bits per heavy atom. The minimum Gasteiger partial charge on any atom is -0.497 e. The van der Waals surface area contributed by atoms with E-state index >= 15 is 0 Å². The number of hydrogen-bond donors (Lipinski definition) is 1. The molecule has 1 atom stereocenters. The molecule has 2 heterocycles. The Hall–Kier alpha value is -2.26. The van der Waals surface area contributed by atoms with Crippen LogP contribution in [0.2, 0.25) is 0 Å². The molecular weight excluding hydrogens is 320 g/mol. The molecule has 0 bridgehead atoms. The number of aryl methyl sites for hydroxylation is 1. The van der Waals surface area contributed by atoms with Crippen LogP contribution in [-0.2, 0) is 12.8 Å². The molecule has 26 heavy (non-hydrogen) atoms. The highest BCUT2D eigenvalue weighted by molar-refractivity contribution is 5.86. The fourth-order valence-corrected chi connectivity index (χ4v) is 4.30. The van der Waals surface area contributed by atoms with Crippen molar-refractivity contribution in [3.8, 4) is 5.75 Å². The molecule has 0 saturated carbocycles. The van der Waals surface area contributed by atoms with E-state index in [4.69, 9.17) is 4.74 Å². The highest BCUT2D eigenvalue weighted by Crippen LogP contribution is 2.39. The van der Waals surface area contributed by atoms with Crippen LogP contribution in [0, 0.1) is 0 Å². The van der Waals surface area contributed by atoms with Crippen LogP contribution in [0.1, 0.15) is 48.7 Å². The van der Waals surface area contributed by atoms with Crippen molar-refractivity contribution in [2.75, 3.05) is 20.2 Å². The number of hydrogen-bond acceptors (Lipinski definition) is 2. The van der Waals surface area contributed by atoms with Crippen LogP contribution in [0.15, 0.2) is 42.5 Å². The first-order valence-corrected chi connectivity index (χ1v) is 9.76. The van der Waals surface area contributed by atoms with E-state index in [0.29, 0.717) is 6.04 Å². The number of nitrogens with one attached hydrogen (secondary N) is 1. The topological polar surface area (TPSA) is 28.3 Å². The van der Waals surface area contributed by atoms with Crippen LogP contribution in [0.4, 0.5) is 0 Å². The molecule has 0 amide bonds. The Labute approximate surface area is 156 Å². The fourth-order valence-electron chi connectivity index (χ4n) is 4.30. The molecule has 0 aliphatic carbocycles. The summed E-state index contributed by atoms with van der Waals surface area (Å²) in [6, 6.07) is 15.7. The summed E-state index contributed by atoms with van der Waals surface area (Å²) in [4.78, 5) is 6.37. The van der Waals surface area contributed by atoms with E-state index in [-0.39, 0.29) is 0 Å². The van der Waals surface area contributed by atoms with Gasteiger partial charge in [0.1, 0.15) is 5.75 Å². The summed E-state index contributed by atoms with van der Waals surface area (Å²) in [6.45, 7) is 6.72. The summed E-state index contributed by atoms with van der Waals surface area (Å²) in [7, 11) is 1.72. The maximum absolute atomic E-state index is 5.35. The predicted molar refractivity (Wildman–Crippen MR) is 108 cm³/mol. The fraction of sp³-hybridized carbons (Fsp3) is 0.391. The van der Waals surface area contributed by atoms with Crippen molar-refractivity contribution < 1.29 is 4.74 Å². The number of rotatable bonds is 5. The standard InChI is InChI=1S/C23H28N2O/c1-4-13-25-14-12-19-20-15-16(5-2)6-11-21(20)24-22(19)23(25)17-7-9-18(26-3)10-8-17/h6-11,15,23-24H,4-5,12-14H2,1-3H3. The van der Waals surface area contributed by atoms with Crippen molar-refractivity contribution in [1.82, 2.24) is 9.88 Å². The van der Waals surface area contributed by atoms with Crippen molar-refractivity contribution in [2.24, 2.45) is 0 Å². The average Bonchev–Trinajstić information content (AvgIpc) is 3.06. The molecule has 3 heteroatoms. The first kappa shape index (κ1) is 17.2. The smallest absolute Gasteiger partial charge is 0.118 e. The SMILES string of the molecule is CCCN1CCc2c([nH]c3ccc(CC)cc23)C1c1ccc(OC)cc1. The Balaban J connectivity index is 1.84. The number of benzene rings is 2. The van der Waals surface area contributed by atoms with Crippen molar-refractivity contribution in [1.29, 1.82) is 0 Å². The summed E-state index contributed by atoms with van der Waals surface area (Å²) in [5, 5.41) is 1.41. The molecule has 3 nitrogen and oxygen atoms in total. The lowest BCUT2D eigenvalue weighted by Gasteiger charge is -2.36.